The molecular formula is C11H22N2O. The first-order valence-electron chi connectivity index (χ1n) is 5.79. The molecular weight excluding hydrogens is 176 g/mol. The molecule has 1 N–H and O–H groups in total. The predicted octanol–water partition coefficient (Wildman–Crippen LogP) is 0.708. The first-order chi connectivity index (χ1) is 6.85. The lowest BCUT2D eigenvalue weighted by atomic mass is 9.73. The van der Waals surface area contributed by atoms with E-state index in [4.69, 9.17) is 4.74 Å². The molecule has 3 nitrogen and oxygen atoms in total. The summed E-state index contributed by atoms with van der Waals surface area (Å²) in [6, 6.07) is 0. The lowest BCUT2D eigenvalue weighted by Gasteiger charge is -2.52. The van der Waals surface area contributed by atoms with Crippen molar-refractivity contribution < 1.29 is 4.74 Å². The fourth-order valence-corrected chi connectivity index (χ4v) is 2.66. The zero-order valence-electron chi connectivity index (χ0n) is 9.22. The number of nitrogens with one attached hydrogen (secondary N) is 1. The molecule has 2 saturated heterocycles. The van der Waals surface area contributed by atoms with Crippen LogP contribution in [0.1, 0.15) is 19.3 Å². The molecule has 0 aromatic carbocycles. The van der Waals surface area contributed by atoms with Crippen molar-refractivity contribution in [2.75, 3.05) is 46.4 Å². The third-order valence-corrected chi connectivity index (χ3v) is 3.57. The van der Waals surface area contributed by atoms with E-state index in [9.17, 15) is 0 Å². The van der Waals surface area contributed by atoms with E-state index in [1.165, 1.54) is 38.9 Å². The molecule has 1 spiro atoms. The molecule has 2 aliphatic heterocycles. The molecule has 14 heavy (non-hydrogen) atoms. The van der Waals surface area contributed by atoms with E-state index in [1.54, 1.807) is 0 Å². The van der Waals surface area contributed by atoms with Gasteiger partial charge in [-0.3, -0.25) is 0 Å². The standard InChI is InChI=1S/C11H22N2O/c1-12-5-2-6-13-9-11(10-13)3-7-14-8-4-11/h12H,2-10H2,1H3. The Labute approximate surface area is 86.8 Å². The number of hydrogen-bond acceptors (Lipinski definition) is 3. The van der Waals surface area contributed by atoms with Crippen LogP contribution in [0, 0.1) is 5.41 Å². The largest absolute Gasteiger partial charge is 0.381 e. The Morgan fingerprint density at radius 1 is 1.29 bits per heavy atom. The van der Waals surface area contributed by atoms with Crippen LogP contribution in [0.15, 0.2) is 0 Å². The summed E-state index contributed by atoms with van der Waals surface area (Å²) in [5.74, 6) is 0. The van der Waals surface area contributed by atoms with Crippen LogP contribution in [0.3, 0.4) is 0 Å². The molecule has 0 aliphatic carbocycles. The zero-order valence-corrected chi connectivity index (χ0v) is 9.22. The van der Waals surface area contributed by atoms with E-state index in [2.05, 4.69) is 10.2 Å². The average Bonchev–Trinajstić information content (AvgIpc) is 2.17. The maximum absolute atomic E-state index is 5.41. The third-order valence-electron chi connectivity index (χ3n) is 3.57. The highest BCUT2D eigenvalue weighted by Crippen LogP contribution is 2.39. The van der Waals surface area contributed by atoms with Gasteiger partial charge in [-0.1, -0.05) is 0 Å². The quantitative estimate of drug-likeness (QED) is 0.673. The predicted molar refractivity (Wildman–Crippen MR) is 57.5 cm³/mol. The normalized spacial score (nSPS) is 26.4. The molecule has 0 aromatic rings. The van der Waals surface area contributed by atoms with Crippen LogP contribution in [0.25, 0.3) is 0 Å². The van der Waals surface area contributed by atoms with Crippen LogP contribution in [-0.4, -0.2) is 51.3 Å². The van der Waals surface area contributed by atoms with Crippen molar-refractivity contribution in [2.24, 2.45) is 5.41 Å². The van der Waals surface area contributed by atoms with Gasteiger partial charge in [0, 0.05) is 31.7 Å². The molecule has 0 amide bonds. The highest BCUT2D eigenvalue weighted by Gasteiger charge is 2.43. The van der Waals surface area contributed by atoms with E-state index in [1.807, 2.05) is 7.05 Å². The smallest absolute Gasteiger partial charge is 0.0472 e. The summed E-state index contributed by atoms with van der Waals surface area (Å²) in [5, 5.41) is 3.20. The first-order valence-corrected chi connectivity index (χ1v) is 5.79. The van der Waals surface area contributed by atoms with Crippen LogP contribution in [-0.2, 0) is 4.74 Å². The minimum Gasteiger partial charge on any atom is -0.381 e. The van der Waals surface area contributed by atoms with Crippen molar-refractivity contribution in [3.05, 3.63) is 0 Å². The zero-order chi connectivity index (χ0) is 9.86. The fraction of sp³-hybridized carbons (Fsp3) is 1.00. The van der Waals surface area contributed by atoms with Crippen LogP contribution < -0.4 is 5.32 Å². The monoisotopic (exact) mass is 198 g/mol. The molecule has 3 heteroatoms. The van der Waals surface area contributed by atoms with Gasteiger partial charge in [0.2, 0.25) is 0 Å². The van der Waals surface area contributed by atoms with Gasteiger partial charge in [-0.25, -0.2) is 0 Å². The highest BCUT2D eigenvalue weighted by molar-refractivity contribution is 4.95. The summed E-state index contributed by atoms with van der Waals surface area (Å²) >= 11 is 0. The average molecular weight is 198 g/mol. The van der Waals surface area contributed by atoms with Gasteiger partial charge in [-0.05, 0) is 39.4 Å². The summed E-state index contributed by atoms with van der Waals surface area (Å²) in [6.07, 6.45) is 3.86. The Bertz CT molecular complexity index is 170. The van der Waals surface area contributed by atoms with Crippen molar-refractivity contribution in [3.63, 3.8) is 0 Å². The first kappa shape index (κ1) is 10.4. The van der Waals surface area contributed by atoms with Crippen molar-refractivity contribution >= 4 is 0 Å². The molecule has 2 aliphatic rings. The number of rotatable bonds is 4. The van der Waals surface area contributed by atoms with Gasteiger partial charge in [0.05, 0.1) is 0 Å². The Hall–Kier alpha value is -0.120. The molecule has 82 valence electrons. The van der Waals surface area contributed by atoms with Crippen LogP contribution >= 0.6 is 0 Å². The second kappa shape index (κ2) is 4.60. The summed E-state index contributed by atoms with van der Waals surface area (Å²) < 4.78 is 5.41. The Kier molecular flexibility index (Phi) is 3.42. The minimum atomic E-state index is 0.651. The molecule has 0 atom stereocenters. The van der Waals surface area contributed by atoms with Gasteiger partial charge >= 0.3 is 0 Å². The topological polar surface area (TPSA) is 24.5 Å². The maximum atomic E-state index is 5.41. The number of likely N-dealkylation sites (tertiary alicyclic amines) is 1. The van der Waals surface area contributed by atoms with Crippen molar-refractivity contribution in [1.82, 2.24) is 10.2 Å². The summed E-state index contributed by atoms with van der Waals surface area (Å²) in [4.78, 5) is 2.59. The van der Waals surface area contributed by atoms with E-state index in [-0.39, 0.29) is 0 Å². The number of hydrogen-bond donors (Lipinski definition) is 1. The van der Waals surface area contributed by atoms with Gasteiger partial charge in [0.25, 0.3) is 0 Å². The van der Waals surface area contributed by atoms with Crippen LogP contribution in [0.2, 0.25) is 0 Å². The van der Waals surface area contributed by atoms with Gasteiger partial charge in [0.1, 0.15) is 0 Å². The van der Waals surface area contributed by atoms with E-state index in [0.717, 1.165) is 19.8 Å². The fourth-order valence-electron chi connectivity index (χ4n) is 2.66. The lowest BCUT2D eigenvalue weighted by molar-refractivity contribution is -0.0803. The van der Waals surface area contributed by atoms with Gasteiger partial charge in [0.15, 0.2) is 0 Å². The molecule has 2 heterocycles. The molecule has 0 radical (unpaired) electrons. The molecule has 0 aromatic heterocycles. The Morgan fingerprint density at radius 3 is 2.64 bits per heavy atom. The molecule has 0 saturated carbocycles. The van der Waals surface area contributed by atoms with E-state index < -0.39 is 0 Å². The van der Waals surface area contributed by atoms with Crippen molar-refractivity contribution in [3.8, 4) is 0 Å². The van der Waals surface area contributed by atoms with Crippen molar-refractivity contribution in [1.29, 1.82) is 0 Å². The second-order valence-electron chi connectivity index (χ2n) is 4.78. The van der Waals surface area contributed by atoms with E-state index >= 15 is 0 Å². The van der Waals surface area contributed by atoms with Gasteiger partial charge < -0.3 is 15.0 Å². The number of ether oxygens (including phenoxy) is 1. The Balaban J connectivity index is 1.62. The SMILES string of the molecule is CNCCCN1CC2(CCOCC2)C1. The van der Waals surface area contributed by atoms with Crippen LogP contribution in [0.4, 0.5) is 0 Å². The van der Waals surface area contributed by atoms with Gasteiger partial charge in [-0.15, -0.1) is 0 Å². The molecule has 2 fully saturated rings. The summed E-state index contributed by atoms with van der Waals surface area (Å²) in [5.41, 5.74) is 0.651. The number of nitrogens with zero attached hydrogens (tertiary/aromatic N) is 1. The summed E-state index contributed by atoms with van der Waals surface area (Å²) in [7, 11) is 2.02. The van der Waals surface area contributed by atoms with Crippen molar-refractivity contribution in [2.45, 2.75) is 19.3 Å². The molecule has 2 rings (SSSR count). The molecule has 0 unspecified atom stereocenters. The van der Waals surface area contributed by atoms with E-state index in [0.29, 0.717) is 5.41 Å². The summed E-state index contributed by atoms with van der Waals surface area (Å²) in [6.45, 7) is 7.03. The second-order valence-corrected chi connectivity index (χ2v) is 4.78. The minimum absolute atomic E-state index is 0.651. The highest BCUT2D eigenvalue weighted by atomic mass is 16.5. The van der Waals surface area contributed by atoms with Gasteiger partial charge in [-0.2, -0.15) is 0 Å². The van der Waals surface area contributed by atoms with Crippen LogP contribution in [0.5, 0.6) is 0 Å². The maximum Gasteiger partial charge on any atom is 0.0472 e. The third kappa shape index (κ3) is 2.27. The molecule has 0 bridgehead atoms. The lowest BCUT2D eigenvalue weighted by Crippen LogP contribution is -2.58. The Morgan fingerprint density at radius 2 is 2.00 bits per heavy atom.